The number of nitrogens with zero attached hydrogens (tertiary/aromatic N) is 5. The number of fused-ring (bicyclic) bond motifs is 1. The lowest BCUT2D eigenvalue weighted by atomic mass is 10.1. The monoisotopic (exact) mass is 694 g/mol. The quantitative estimate of drug-likeness (QED) is 0.177. The Bertz CT molecular complexity index is 2370. The molecule has 1 saturated carbocycles. The fourth-order valence-corrected chi connectivity index (χ4v) is 5.31. The molecule has 0 unspecified atom stereocenters. The zero-order valence-electron chi connectivity index (χ0n) is 28.0. The summed E-state index contributed by atoms with van der Waals surface area (Å²) in [4.78, 5) is 39.5. The molecule has 3 aromatic carbocycles. The number of anilines is 1. The molecule has 0 atom stereocenters. The first-order chi connectivity index (χ1) is 24.3. The summed E-state index contributed by atoms with van der Waals surface area (Å²) in [5.74, 6) is -1.75. The van der Waals surface area contributed by atoms with E-state index in [9.17, 15) is 18.8 Å². The number of benzene rings is 3. The minimum atomic E-state index is -0.800. The largest absolute Gasteiger partial charge is 0.475 e. The highest BCUT2D eigenvalue weighted by Gasteiger charge is 2.27. The van der Waals surface area contributed by atoms with E-state index in [1.165, 1.54) is 65.5 Å². The van der Waals surface area contributed by atoms with E-state index in [4.69, 9.17) is 14.2 Å². The lowest BCUT2D eigenvalue weighted by Gasteiger charge is -2.18. The van der Waals surface area contributed by atoms with E-state index in [-0.39, 0.29) is 34.7 Å². The van der Waals surface area contributed by atoms with Crippen molar-refractivity contribution < 1.29 is 32.6 Å². The van der Waals surface area contributed by atoms with Gasteiger partial charge < -0.3 is 19.5 Å². The van der Waals surface area contributed by atoms with Crippen LogP contribution >= 0.6 is 0 Å². The first-order valence-corrected chi connectivity index (χ1v) is 16.0. The Hall–Kier alpha value is -6.31. The van der Waals surface area contributed by atoms with Gasteiger partial charge in [0.1, 0.15) is 28.8 Å². The summed E-state index contributed by atoms with van der Waals surface area (Å²) < 4.78 is 50.6. The summed E-state index contributed by atoms with van der Waals surface area (Å²) in [6.07, 6.45) is 5.56. The van der Waals surface area contributed by atoms with Gasteiger partial charge in [0.25, 0.3) is 11.5 Å². The van der Waals surface area contributed by atoms with Gasteiger partial charge in [0, 0.05) is 41.5 Å². The van der Waals surface area contributed by atoms with Crippen LogP contribution in [0.15, 0.2) is 90.1 Å². The Kier molecular flexibility index (Phi) is 8.37. The van der Waals surface area contributed by atoms with Gasteiger partial charge in [0.05, 0.1) is 23.6 Å². The number of ether oxygens (including phenoxy) is 3. The van der Waals surface area contributed by atoms with Crippen LogP contribution in [0.4, 0.5) is 19.3 Å². The molecule has 3 heterocycles. The molecule has 0 saturated heterocycles. The molecule has 14 heteroatoms. The molecule has 260 valence electrons. The summed E-state index contributed by atoms with van der Waals surface area (Å²) in [7, 11) is 1.78. The van der Waals surface area contributed by atoms with Crippen molar-refractivity contribution in [1.82, 2.24) is 24.1 Å². The van der Waals surface area contributed by atoms with Crippen LogP contribution in [0.5, 0.6) is 17.4 Å². The number of carbonyl (C=O) groups is 2. The van der Waals surface area contributed by atoms with Gasteiger partial charge in [-0.3, -0.25) is 14.3 Å². The van der Waals surface area contributed by atoms with Crippen LogP contribution in [0, 0.1) is 11.6 Å². The minimum Gasteiger partial charge on any atom is -0.475 e. The van der Waals surface area contributed by atoms with Crippen LogP contribution in [0.25, 0.3) is 27.7 Å². The Morgan fingerprint density at radius 3 is 2.39 bits per heavy atom. The fourth-order valence-electron chi connectivity index (χ4n) is 5.31. The van der Waals surface area contributed by atoms with Crippen molar-refractivity contribution in [2.24, 2.45) is 7.05 Å². The van der Waals surface area contributed by atoms with E-state index in [1.807, 2.05) is 0 Å². The van der Waals surface area contributed by atoms with Crippen molar-refractivity contribution in [2.45, 2.75) is 45.3 Å². The van der Waals surface area contributed by atoms with E-state index in [0.717, 1.165) is 34.5 Å². The van der Waals surface area contributed by atoms with Crippen LogP contribution in [-0.4, -0.2) is 47.8 Å². The van der Waals surface area contributed by atoms with E-state index in [0.29, 0.717) is 16.8 Å². The molecular weight excluding hydrogens is 662 g/mol. The molecule has 51 heavy (non-hydrogen) atoms. The van der Waals surface area contributed by atoms with Gasteiger partial charge in [-0.2, -0.15) is 14.9 Å². The maximum atomic E-state index is 15.6. The van der Waals surface area contributed by atoms with Crippen molar-refractivity contribution in [3.05, 3.63) is 113 Å². The highest BCUT2D eigenvalue weighted by molar-refractivity contribution is 6.04. The predicted molar refractivity (Wildman–Crippen MR) is 184 cm³/mol. The Labute approximate surface area is 289 Å². The number of hydrogen-bond acceptors (Lipinski definition) is 8. The average Bonchev–Trinajstić information content (AvgIpc) is 3.61. The number of amides is 1. The third-order valence-electron chi connectivity index (χ3n) is 7.92. The molecule has 0 spiro atoms. The molecule has 0 bridgehead atoms. The first kappa shape index (κ1) is 33.2. The third-order valence-corrected chi connectivity index (χ3v) is 7.92. The van der Waals surface area contributed by atoms with E-state index in [2.05, 4.69) is 15.5 Å². The molecule has 7 rings (SSSR count). The van der Waals surface area contributed by atoms with E-state index in [1.54, 1.807) is 50.8 Å². The molecule has 1 fully saturated rings. The van der Waals surface area contributed by atoms with Crippen molar-refractivity contribution in [2.75, 3.05) is 5.32 Å². The van der Waals surface area contributed by atoms with Crippen LogP contribution in [0.1, 0.15) is 44.0 Å². The molecule has 3 aromatic heterocycles. The molecule has 1 aliphatic carbocycles. The van der Waals surface area contributed by atoms with Crippen molar-refractivity contribution >= 4 is 28.6 Å². The molecular formula is C37H32F2N6O6. The highest BCUT2D eigenvalue weighted by atomic mass is 19.1. The number of pyridine rings is 1. The molecule has 0 radical (unpaired) electrons. The Morgan fingerprint density at radius 1 is 0.922 bits per heavy atom. The SMILES string of the molecule is Cn1ncc2cc(Oc3ccc(NC(=O)c4ccc(OC5CC5)n(-c5ccc(F)cc5)c4=O)cc3F)c(-c3cnn(C(=O)OC(C)(C)C)c3)cc21. The number of halogens is 2. The molecule has 1 aliphatic rings. The van der Waals surface area contributed by atoms with Crippen LogP contribution in [0.2, 0.25) is 0 Å². The zero-order chi connectivity index (χ0) is 36.0. The van der Waals surface area contributed by atoms with E-state index < -0.39 is 34.8 Å². The maximum absolute atomic E-state index is 15.6. The molecule has 1 N–H and O–H groups in total. The summed E-state index contributed by atoms with van der Waals surface area (Å²) in [5, 5.41) is 11.7. The van der Waals surface area contributed by atoms with Crippen LogP contribution in [-0.2, 0) is 11.8 Å². The normalized spacial score (nSPS) is 12.9. The van der Waals surface area contributed by atoms with Gasteiger partial charge in [-0.25, -0.2) is 18.1 Å². The van der Waals surface area contributed by atoms with Gasteiger partial charge >= 0.3 is 6.09 Å². The van der Waals surface area contributed by atoms with Crippen molar-refractivity contribution in [1.29, 1.82) is 0 Å². The van der Waals surface area contributed by atoms with Crippen molar-refractivity contribution in [3.8, 4) is 34.2 Å². The lowest BCUT2D eigenvalue weighted by Crippen LogP contribution is -2.29. The Balaban J connectivity index is 1.15. The number of hydrogen-bond donors (Lipinski definition) is 1. The van der Waals surface area contributed by atoms with Gasteiger partial charge in [0.2, 0.25) is 5.88 Å². The summed E-state index contributed by atoms with van der Waals surface area (Å²) in [6, 6.07) is 15.4. The molecule has 12 nitrogen and oxygen atoms in total. The second-order valence-corrected chi connectivity index (χ2v) is 13.1. The number of carbonyl (C=O) groups excluding carboxylic acids is 2. The minimum absolute atomic E-state index is 0.0446. The summed E-state index contributed by atoms with van der Waals surface area (Å²) in [5.41, 5.74) is 0.499. The van der Waals surface area contributed by atoms with Gasteiger partial charge in [-0.05, 0) is 94.3 Å². The average molecular weight is 695 g/mol. The second-order valence-electron chi connectivity index (χ2n) is 13.1. The first-order valence-electron chi connectivity index (χ1n) is 16.0. The number of rotatable bonds is 8. The summed E-state index contributed by atoms with van der Waals surface area (Å²) in [6.45, 7) is 5.24. The van der Waals surface area contributed by atoms with Gasteiger partial charge in [-0.15, -0.1) is 0 Å². The zero-order valence-corrected chi connectivity index (χ0v) is 28.0. The van der Waals surface area contributed by atoms with Crippen molar-refractivity contribution in [3.63, 3.8) is 0 Å². The predicted octanol–water partition coefficient (Wildman–Crippen LogP) is 7.23. The second kappa shape index (κ2) is 12.9. The number of aromatic nitrogens is 5. The summed E-state index contributed by atoms with van der Waals surface area (Å²) >= 11 is 0. The standard InChI is InChI=1S/C37H32F2N6O6/c1-37(2,3)51-36(48)44-20-22(19-41-44)28-17-30-21(18-40-43(30)4)15-32(28)50-31-13-7-24(16-29(31)39)42-34(46)27-12-14-33(49-26-10-11-26)45(35(27)47)25-8-5-23(38)6-9-25/h5-9,12-20,26H,10-11H2,1-4H3,(H,42,46). The van der Waals surface area contributed by atoms with Crippen LogP contribution in [0.3, 0.4) is 0 Å². The smallest absolute Gasteiger partial charge is 0.435 e. The fraction of sp³-hybridized carbons (Fsp3) is 0.216. The van der Waals surface area contributed by atoms with Gasteiger partial charge in [0.15, 0.2) is 11.6 Å². The molecule has 0 aliphatic heterocycles. The van der Waals surface area contributed by atoms with Gasteiger partial charge in [-0.1, -0.05) is 0 Å². The number of nitrogens with one attached hydrogen (secondary N) is 1. The Morgan fingerprint density at radius 2 is 1.69 bits per heavy atom. The lowest BCUT2D eigenvalue weighted by molar-refractivity contribution is 0.0514. The van der Waals surface area contributed by atoms with E-state index >= 15 is 4.39 Å². The van der Waals surface area contributed by atoms with Crippen LogP contribution < -0.4 is 20.3 Å². The molecule has 6 aromatic rings. The maximum Gasteiger partial charge on any atom is 0.435 e. The molecule has 1 amide bonds. The highest BCUT2D eigenvalue weighted by Crippen LogP contribution is 2.38. The third kappa shape index (κ3) is 7.06. The number of aryl methyl sites for hydroxylation is 1. The topological polar surface area (TPSA) is 131 Å².